The minimum Gasteiger partial charge on any atom is -0.353 e. The Morgan fingerprint density at radius 1 is 1.50 bits per heavy atom. The van der Waals surface area contributed by atoms with Gasteiger partial charge in [-0.25, -0.2) is 0 Å². The van der Waals surface area contributed by atoms with Crippen molar-refractivity contribution in [2.24, 2.45) is 0 Å². The lowest BCUT2D eigenvalue weighted by Gasteiger charge is -2.42. The number of hydrogen-bond acceptors (Lipinski definition) is 3. The quantitative estimate of drug-likeness (QED) is 0.867. The van der Waals surface area contributed by atoms with Crippen LogP contribution in [0.2, 0.25) is 5.02 Å². The molecule has 0 saturated carbocycles. The average molecular weight is 268 g/mol. The van der Waals surface area contributed by atoms with Gasteiger partial charge in [0.25, 0.3) is 0 Å². The molecule has 2 atom stereocenters. The summed E-state index contributed by atoms with van der Waals surface area (Å²) >= 11 is 6.24. The van der Waals surface area contributed by atoms with E-state index in [0.717, 1.165) is 5.69 Å². The van der Waals surface area contributed by atoms with Crippen molar-refractivity contribution in [2.45, 2.75) is 19.0 Å². The second kappa shape index (κ2) is 5.59. The number of halogens is 1. The van der Waals surface area contributed by atoms with Crippen molar-refractivity contribution >= 4 is 23.2 Å². The molecule has 1 aliphatic rings. The van der Waals surface area contributed by atoms with Crippen molar-refractivity contribution in [3.63, 3.8) is 0 Å². The van der Waals surface area contributed by atoms with Crippen LogP contribution in [0.5, 0.6) is 0 Å². The smallest absolute Gasteiger partial charge is 0.244 e. The molecule has 5 heteroatoms. The number of likely N-dealkylation sites (N-methyl/N-ethyl adjacent to an activating group) is 1. The van der Waals surface area contributed by atoms with E-state index in [1.54, 1.807) is 0 Å². The molecule has 1 amide bonds. The van der Waals surface area contributed by atoms with E-state index in [1.165, 1.54) is 0 Å². The Kier molecular flexibility index (Phi) is 4.09. The Hall–Kier alpha value is -1.26. The van der Waals surface area contributed by atoms with E-state index in [1.807, 2.05) is 31.3 Å². The first kappa shape index (κ1) is 13.2. The zero-order chi connectivity index (χ0) is 13.1. The lowest BCUT2D eigenvalue weighted by atomic mass is 10.1. The molecule has 1 fully saturated rings. The molecule has 0 bridgehead atoms. The van der Waals surface area contributed by atoms with Gasteiger partial charge in [0.2, 0.25) is 5.91 Å². The fraction of sp³-hybridized carbons (Fsp3) is 0.462. The Labute approximate surface area is 112 Å². The first-order valence-electron chi connectivity index (χ1n) is 6.10. The van der Waals surface area contributed by atoms with Gasteiger partial charge in [0.05, 0.1) is 10.7 Å². The summed E-state index contributed by atoms with van der Waals surface area (Å²) in [5, 5.41) is 6.66. The number of rotatable bonds is 3. The second-order valence-corrected chi connectivity index (χ2v) is 4.93. The molecule has 1 heterocycles. The third-order valence-electron chi connectivity index (χ3n) is 3.21. The minimum absolute atomic E-state index is 0.0439. The molecule has 1 aliphatic heterocycles. The van der Waals surface area contributed by atoms with E-state index >= 15 is 0 Å². The third-order valence-corrected chi connectivity index (χ3v) is 3.53. The maximum atomic E-state index is 12.0. The summed E-state index contributed by atoms with van der Waals surface area (Å²) in [6.07, 6.45) is 0. The van der Waals surface area contributed by atoms with Crippen LogP contribution < -0.4 is 15.5 Å². The van der Waals surface area contributed by atoms with E-state index in [4.69, 9.17) is 11.6 Å². The zero-order valence-electron chi connectivity index (χ0n) is 10.6. The zero-order valence-corrected chi connectivity index (χ0v) is 11.4. The van der Waals surface area contributed by atoms with E-state index < -0.39 is 0 Å². The van der Waals surface area contributed by atoms with E-state index in [0.29, 0.717) is 18.1 Å². The summed E-state index contributed by atoms with van der Waals surface area (Å²) < 4.78 is 0. The van der Waals surface area contributed by atoms with Gasteiger partial charge in [0.1, 0.15) is 6.04 Å². The number of anilines is 1. The standard InChI is InChI=1S/C13H18ClN3O/c1-9-7-16-13(18)12(8-15-2)17(9)11-6-4-3-5-10(11)14/h3-6,9,12,15H,7-8H2,1-2H3,(H,16,18). The molecule has 0 aliphatic carbocycles. The Bertz CT molecular complexity index is 438. The highest BCUT2D eigenvalue weighted by molar-refractivity contribution is 6.33. The fourth-order valence-corrected chi connectivity index (χ4v) is 2.58. The van der Waals surface area contributed by atoms with Crippen LogP contribution >= 0.6 is 11.6 Å². The number of nitrogens with zero attached hydrogens (tertiary/aromatic N) is 1. The van der Waals surface area contributed by atoms with Gasteiger partial charge < -0.3 is 15.5 Å². The molecule has 0 aromatic heterocycles. The molecular formula is C13H18ClN3O. The maximum absolute atomic E-state index is 12.0. The highest BCUT2D eigenvalue weighted by Crippen LogP contribution is 2.29. The molecule has 18 heavy (non-hydrogen) atoms. The number of carbonyl (C=O) groups excluding carboxylic acids is 1. The Morgan fingerprint density at radius 3 is 2.89 bits per heavy atom. The lowest BCUT2D eigenvalue weighted by molar-refractivity contribution is -0.123. The number of benzene rings is 1. The average Bonchev–Trinajstić information content (AvgIpc) is 2.36. The Balaban J connectivity index is 2.36. The molecule has 1 aromatic carbocycles. The molecule has 0 radical (unpaired) electrons. The number of carbonyl (C=O) groups is 1. The molecule has 1 aromatic rings. The van der Waals surface area contributed by atoms with Gasteiger partial charge in [-0.1, -0.05) is 23.7 Å². The Morgan fingerprint density at radius 2 is 2.22 bits per heavy atom. The van der Waals surface area contributed by atoms with E-state index in [2.05, 4.69) is 22.5 Å². The second-order valence-electron chi connectivity index (χ2n) is 4.53. The first-order valence-corrected chi connectivity index (χ1v) is 6.48. The highest BCUT2D eigenvalue weighted by Gasteiger charge is 2.34. The highest BCUT2D eigenvalue weighted by atomic mass is 35.5. The number of piperazine rings is 1. The van der Waals surface area contributed by atoms with Gasteiger partial charge in [-0.05, 0) is 26.1 Å². The maximum Gasteiger partial charge on any atom is 0.244 e. The molecule has 0 spiro atoms. The predicted molar refractivity (Wildman–Crippen MR) is 74.1 cm³/mol. The van der Waals surface area contributed by atoms with Crippen LogP contribution in [0.25, 0.3) is 0 Å². The molecule has 98 valence electrons. The van der Waals surface area contributed by atoms with Crippen LogP contribution in [0, 0.1) is 0 Å². The molecule has 1 saturated heterocycles. The van der Waals surface area contributed by atoms with E-state index in [9.17, 15) is 4.79 Å². The number of nitrogens with one attached hydrogen (secondary N) is 2. The molecule has 2 unspecified atom stereocenters. The number of amides is 1. The van der Waals surface area contributed by atoms with Crippen LogP contribution in [0.1, 0.15) is 6.92 Å². The van der Waals surface area contributed by atoms with Crippen molar-refractivity contribution in [1.29, 1.82) is 0 Å². The lowest BCUT2D eigenvalue weighted by Crippen LogP contribution is -2.62. The van der Waals surface area contributed by atoms with Gasteiger partial charge in [0.15, 0.2) is 0 Å². The minimum atomic E-state index is -0.223. The van der Waals surface area contributed by atoms with Crippen LogP contribution in [0.4, 0.5) is 5.69 Å². The van der Waals surface area contributed by atoms with Gasteiger partial charge in [-0.3, -0.25) is 4.79 Å². The summed E-state index contributed by atoms with van der Waals surface area (Å²) in [5.74, 6) is 0.0439. The predicted octanol–water partition coefficient (Wildman–Crippen LogP) is 1.25. The summed E-state index contributed by atoms with van der Waals surface area (Å²) in [6.45, 7) is 3.33. The van der Waals surface area contributed by atoms with E-state index in [-0.39, 0.29) is 18.0 Å². The van der Waals surface area contributed by atoms with Gasteiger partial charge in [-0.15, -0.1) is 0 Å². The van der Waals surface area contributed by atoms with Crippen molar-refractivity contribution in [1.82, 2.24) is 10.6 Å². The normalized spacial score (nSPS) is 23.9. The summed E-state index contributed by atoms with van der Waals surface area (Å²) in [4.78, 5) is 14.1. The van der Waals surface area contributed by atoms with Crippen molar-refractivity contribution in [3.8, 4) is 0 Å². The van der Waals surface area contributed by atoms with Crippen LogP contribution in [-0.4, -0.2) is 38.1 Å². The molecule has 2 rings (SSSR count). The van der Waals surface area contributed by atoms with Gasteiger partial charge in [-0.2, -0.15) is 0 Å². The molecule has 4 nitrogen and oxygen atoms in total. The molecule has 2 N–H and O–H groups in total. The summed E-state index contributed by atoms with van der Waals surface area (Å²) in [5.41, 5.74) is 0.918. The van der Waals surface area contributed by atoms with Crippen LogP contribution in [0.15, 0.2) is 24.3 Å². The fourth-order valence-electron chi connectivity index (χ4n) is 2.35. The molecular weight excluding hydrogens is 250 g/mol. The number of hydrogen-bond donors (Lipinski definition) is 2. The largest absolute Gasteiger partial charge is 0.353 e. The summed E-state index contributed by atoms with van der Waals surface area (Å²) in [6, 6.07) is 7.65. The number of para-hydroxylation sites is 1. The SMILES string of the molecule is CNCC1C(=O)NCC(C)N1c1ccccc1Cl. The van der Waals surface area contributed by atoms with Gasteiger partial charge >= 0.3 is 0 Å². The first-order chi connectivity index (χ1) is 8.65. The van der Waals surface area contributed by atoms with Crippen molar-refractivity contribution < 1.29 is 4.79 Å². The topological polar surface area (TPSA) is 44.4 Å². The summed E-state index contributed by atoms with van der Waals surface area (Å²) in [7, 11) is 1.84. The van der Waals surface area contributed by atoms with Crippen molar-refractivity contribution in [3.05, 3.63) is 29.3 Å². The van der Waals surface area contributed by atoms with Crippen LogP contribution in [-0.2, 0) is 4.79 Å². The van der Waals surface area contributed by atoms with Crippen LogP contribution in [0.3, 0.4) is 0 Å². The van der Waals surface area contributed by atoms with Crippen molar-refractivity contribution in [2.75, 3.05) is 25.0 Å². The third kappa shape index (κ3) is 2.44. The van der Waals surface area contributed by atoms with Gasteiger partial charge in [0, 0.05) is 19.1 Å². The monoisotopic (exact) mass is 267 g/mol.